The molecule has 0 spiro atoms. The van der Waals surface area contributed by atoms with Gasteiger partial charge in [0.1, 0.15) is 5.58 Å². The second-order valence-corrected chi connectivity index (χ2v) is 22.4. The third kappa shape index (κ3) is 11.3. The zero-order chi connectivity index (χ0) is 62.4. The van der Waals surface area contributed by atoms with Crippen LogP contribution in [0.4, 0.5) is 5.69 Å². The molecule has 6 unspecified atom stereocenters. The lowest BCUT2D eigenvalue weighted by Crippen LogP contribution is -2.47. The predicted molar refractivity (Wildman–Crippen MR) is 313 cm³/mol. The molecule has 1 aromatic heterocycles. The molecular formula is C67H86BN3O. The van der Waals surface area contributed by atoms with Crippen LogP contribution in [0.15, 0.2) is 178 Å². The summed E-state index contributed by atoms with van der Waals surface area (Å²) in [6.07, 6.45) is 15.4. The van der Waals surface area contributed by atoms with Gasteiger partial charge in [-0.3, -0.25) is 0 Å². The fourth-order valence-corrected chi connectivity index (χ4v) is 10.9. The van der Waals surface area contributed by atoms with Crippen LogP contribution in [-0.4, -0.2) is 23.7 Å². The zero-order valence-corrected chi connectivity index (χ0v) is 44.5. The van der Waals surface area contributed by atoms with Crippen molar-refractivity contribution in [2.24, 2.45) is 11.8 Å². The van der Waals surface area contributed by atoms with Gasteiger partial charge in [-0.2, -0.15) is 0 Å². The third-order valence-corrected chi connectivity index (χ3v) is 15.2. The van der Waals surface area contributed by atoms with E-state index < -0.39 is 74.3 Å². The number of furan rings is 1. The van der Waals surface area contributed by atoms with Crippen molar-refractivity contribution in [3.63, 3.8) is 0 Å². The molecule has 0 bridgehead atoms. The SMILES string of the molecule is [2H]C/C=C([2H])\C(=C/C[2H])N(C1=CC(Nc2ccc3c(c2-c2c([2H])c([2H])c([2H])c([2H])c2[2H])C(C)(C)CCC3(C)C)=C(B(C2=CCC(CC)C=C2)c2cc3cc(C(C)(C)C)ccc3o2)C(N/C=C/C=C(\C=C)C(C)C)C1)C1C([2H])C([2H])C([2H])C([2H])C1[2H]. The second-order valence-electron chi connectivity index (χ2n) is 22.4. The summed E-state index contributed by atoms with van der Waals surface area (Å²) in [6.45, 7) is 24.3. The van der Waals surface area contributed by atoms with E-state index in [0.717, 1.165) is 64.3 Å². The lowest BCUT2D eigenvalue weighted by Gasteiger charge is -2.44. The van der Waals surface area contributed by atoms with Gasteiger partial charge in [0.05, 0.1) is 13.9 Å². The molecule has 378 valence electrons. The summed E-state index contributed by atoms with van der Waals surface area (Å²) in [6, 6.07) is 8.12. The highest BCUT2D eigenvalue weighted by molar-refractivity contribution is 6.86. The van der Waals surface area contributed by atoms with E-state index >= 15 is 0 Å². The molecule has 8 rings (SSSR count). The first-order chi connectivity index (χ1) is 40.0. The predicted octanol–water partition coefficient (Wildman–Crippen LogP) is 17.4. The number of benzene rings is 3. The van der Waals surface area contributed by atoms with Crippen molar-refractivity contribution < 1.29 is 22.2 Å². The van der Waals surface area contributed by atoms with Gasteiger partial charge in [0.15, 0.2) is 0 Å². The molecule has 0 saturated heterocycles. The molecule has 4 aliphatic carbocycles. The maximum absolute atomic E-state index is 9.73. The molecule has 0 amide bonds. The third-order valence-electron chi connectivity index (χ3n) is 15.2. The van der Waals surface area contributed by atoms with Gasteiger partial charge in [0.2, 0.25) is 0 Å². The van der Waals surface area contributed by atoms with Gasteiger partial charge in [-0.15, -0.1) is 0 Å². The van der Waals surface area contributed by atoms with Crippen LogP contribution < -0.4 is 16.3 Å². The molecule has 1 saturated carbocycles. The number of hydrogen-bond acceptors (Lipinski definition) is 4. The smallest absolute Gasteiger partial charge is 0.287 e. The molecule has 3 aromatic carbocycles. The quantitative estimate of drug-likeness (QED) is 0.0867. The van der Waals surface area contributed by atoms with Gasteiger partial charge >= 0.3 is 0 Å². The average Bonchev–Trinajstić information content (AvgIpc) is 1.05. The molecular weight excluding hydrogens is 874 g/mol. The number of fused-ring (bicyclic) bond motifs is 2. The van der Waals surface area contributed by atoms with E-state index in [0.29, 0.717) is 33.9 Å². The Morgan fingerprint density at radius 1 is 1.03 bits per heavy atom. The average molecular weight is 973 g/mol. The first-order valence-corrected chi connectivity index (χ1v) is 26.0. The molecule has 4 nitrogen and oxygen atoms in total. The minimum Gasteiger partial charge on any atom is -0.470 e. The Labute approximate surface area is 454 Å². The summed E-state index contributed by atoms with van der Waals surface area (Å²) in [7, 11) is 0. The number of nitrogens with one attached hydrogen (secondary N) is 2. The van der Waals surface area contributed by atoms with E-state index in [1.165, 1.54) is 12.2 Å². The van der Waals surface area contributed by atoms with E-state index in [2.05, 4.69) is 129 Å². The van der Waals surface area contributed by atoms with Crippen LogP contribution in [0.3, 0.4) is 0 Å². The van der Waals surface area contributed by atoms with Gasteiger partial charge in [-0.25, -0.2) is 0 Å². The summed E-state index contributed by atoms with van der Waals surface area (Å²) < 4.78 is 126. The van der Waals surface area contributed by atoms with Crippen molar-refractivity contribution in [1.29, 1.82) is 0 Å². The zero-order valence-electron chi connectivity index (χ0n) is 57.5. The fraction of sp³-hybridized carbons (Fsp3) is 0.433. The molecule has 1 fully saturated rings. The maximum atomic E-state index is 9.73. The summed E-state index contributed by atoms with van der Waals surface area (Å²) in [5, 5.41) is 8.64. The summed E-state index contributed by atoms with van der Waals surface area (Å²) in [4.78, 5) is 1.67. The van der Waals surface area contributed by atoms with E-state index in [9.17, 15) is 9.60 Å². The molecule has 4 aliphatic rings. The molecule has 5 heteroatoms. The first-order valence-electron chi connectivity index (χ1n) is 33.3. The summed E-state index contributed by atoms with van der Waals surface area (Å²) in [5.41, 5.74) is 7.94. The molecule has 2 N–H and O–H groups in total. The Bertz CT molecular complexity index is 3400. The normalized spacial score (nSPS) is 29.3. The first kappa shape index (κ1) is 38.0. The highest BCUT2D eigenvalue weighted by Crippen LogP contribution is 2.52. The number of nitrogens with zero attached hydrogens (tertiary/aromatic N) is 1. The molecule has 6 atom stereocenters. The molecule has 72 heavy (non-hydrogen) atoms. The number of allylic oxidation sites excluding steroid dienone is 12. The Morgan fingerprint density at radius 3 is 2.49 bits per heavy atom. The van der Waals surface area contributed by atoms with Crippen molar-refractivity contribution >= 4 is 29.0 Å². The lowest BCUT2D eigenvalue weighted by molar-refractivity contribution is 0.239. The molecule has 1 heterocycles. The fourth-order valence-electron chi connectivity index (χ4n) is 10.9. The van der Waals surface area contributed by atoms with Crippen molar-refractivity contribution in [2.45, 2.75) is 175 Å². The molecule has 0 aliphatic heterocycles. The number of rotatable bonds is 16. The lowest BCUT2D eigenvalue weighted by atomic mass is 9.35. The Morgan fingerprint density at radius 2 is 1.81 bits per heavy atom. The topological polar surface area (TPSA) is 40.4 Å². The molecule has 4 aromatic rings. The van der Waals surface area contributed by atoms with Crippen LogP contribution in [0.25, 0.3) is 22.1 Å². The van der Waals surface area contributed by atoms with E-state index in [1.54, 1.807) is 4.90 Å². The van der Waals surface area contributed by atoms with Crippen LogP contribution >= 0.6 is 0 Å². The van der Waals surface area contributed by atoms with E-state index in [1.807, 2.05) is 42.6 Å². The minimum absolute atomic E-state index is 0.0452. The number of hydrogen-bond donors (Lipinski definition) is 2. The highest BCUT2D eigenvalue weighted by Gasteiger charge is 2.42. The minimum atomic E-state index is -1.43. The van der Waals surface area contributed by atoms with Crippen LogP contribution in [0, 0.1) is 11.8 Å². The second kappa shape index (κ2) is 22.2. The van der Waals surface area contributed by atoms with Crippen LogP contribution in [0.5, 0.6) is 0 Å². The Kier molecular flexibility index (Phi) is 11.7. The van der Waals surface area contributed by atoms with Gasteiger partial charge in [0, 0.05) is 61.8 Å². The van der Waals surface area contributed by atoms with Crippen LogP contribution in [-0.2, 0) is 16.2 Å². The number of anilines is 1. The van der Waals surface area contributed by atoms with E-state index in [-0.39, 0.29) is 72.3 Å². The summed E-state index contributed by atoms with van der Waals surface area (Å²) in [5.74, 6) is 0.450. The van der Waals surface area contributed by atoms with Gasteiger partial charge in [0.25, 0.3) is 6.71 Å². The van der Waals surface area contributed by atoms with E-state index in [4.69, 9.17) is 12.6 Å². The maximum Gasteiger partial charge on any atom is 0.287 e. The monoisotopic (exact) mass is 973 g/mol. The van der Waals surface area contributed by atoms with Crippen molar-refractivity contribution in [1.82, 2.24) is 10.2 Å². The van der Waals surface area contributed by atoms with Gasteiger partial charge in [-0.1, -0.05) is 185 Å². The largest absolute Gasteiger partial charge is 0.470 e. The molecule has 0 radical (unpaired) electrons. The van der Waals surface area contributed by atoms with Crippen molar-refractivity contribution in [2.75, 3.05) is 5.32 Å². The summed E-state index contributed by atoms with van der Waals surface area (Å²) >= 11 is 0. The van der Waals surface area contributed by atoms with Gasteiger partial charge in [-0.05, 0) is 162 Å². The highest BCUT2D eigenvalue weighted by atomic mass is 16.3. The standard InChI is InChI=1S/C67H86BN3O/c1-14-25-53(17-4)71(54-29-22-19-23-30-54)55-44-58(69-41-24-28-48(16-3)46(5)6)64(68(52-34-31-47(15-2)32-35-52)61-43-50-42-51(65(7,8)9)33-38-60(50)72-61)59(45-55)70-57-37-36-56-63(62(57)49-26-20-18-21-27-49)67(12,13)40-39-66(56,10)11/h14,16-18,20-21,24-28,31,33-38,41-43,45-47,54,58,69-70H,3,15,19,22-23,29-30,32,39-40,44H2,1-2,4-13H3/b25-14-,41-24+,48-28+,53-17+/i1D,4D,18D,19D,20D,21D,22D,23D,25D,26D,27D,29D,30D. The van der Waals surface area contributed by atoms with Crippen molar-refractivity contribution in [3.8, 4) is 11.1 Å². The van der Waals surface area contributed by atoms with Crippen LogP contribution in [0.2, 0.25) is 0 Å². The Hall–Kier alpha value is -5.68. The van der Waals surface area contributed by atoms with Gasteiger partial charge < -0.3 is 20.0 Å². The van der Waals surface area contributed by atoms with Crippen LogP contribution in [0.1, 0.15) is 182 Å². The Balaban J connectivity index is 1.57. The van der Waals surface area contributed by atoms with Crippen molar-refractivity contribution in [3.05, 3.63) is 190 Å².